The molecule has 0 aliphatic carbocycles. The molecule has 0 bridgehead atoms. The van der Waals surface area contributed by atoms with Crippen molar-refractivity contribution in [2.45, 2.75) is 13.5 Å². The summed E-state index contributed by atoms with van der Waals surface area (Å²) < 4.78 is 28.2. The molecule has 1 heterocycles. The van der Waals surface area contributed by atoms with Crippen molar-refractivity contribution in [2.75, 3.05) is 14.2 Å². The first kappa shape index (κ1) is 27.3. The van der Waals surface area contributed by atoms with Gasteiger partial charge in [-0.2, -0.15) is 0 Å². The van der Waals surface area contributed by atoms with Crippen molar-refractivity contribution in [1.82, 2.24) is 0 Å². The smallest absolute Gasteiger partial charge is 0.347 e. The number of carbonyl (C=O) groups excluding carboxylic acids is 2. The summed E-state index contributed by atoms with van der Waals surface area (Å²) in [5.41, 5.74) is 2.79. The molecule has 5 aromatic rings. The first-order valence-electron chi connectivity index (χ1n) is 12.9. The van der Waals surface area contributed by atoms with E-state index in [1.165, 1.54) is 20.3 Å². The van der Waals surface area contributed by atoms with Crippen LogP contribution in [0.4, 0.5) is 0 Å². The Morgan fingerprint density at radius 3 is 2.34 bits per heavy atom. The van der Waals surface area contributed by atoms with Crippen LogP contribution in [0.5, 0.6) is 23.0 Å². The highest BCUT2D eigenvalue weighted by molar-refractivity contribution is 6.09. The number of allylic oxidation sites excluding steroid dienone is 1. The minimum absolute atomic E-state index is 0.290. The SMILES string of the molecule is COc1ccc(OC)c(C(=O)C=Cc2ccccc2OC(=O)c2c(C)oc3ccc(OCc4ccccc4)cc23)c1. The van der Waals surface area contributed by atoms with E-state index in [1.807, 2.05) is 30.3 Å². The molecule has 0 unspecified atom stereocenters. The largest absolute Gasteiger partial charge is 0.497 e. The molecule has 0 N–H and O–H groups in total. The van der Waals surface area contributed by atoms with Crippen LogP contribution in [0.25, 0.3) is 17.0 Å². The van der Waals surface area contributed by atoms with E-state index in [9.17, 15) is 9.59 Å². The maximum absolute atomic E-state index is 13.4. The van der Waals surface area contributed by atoms with E-state index in [0.717, 1.165) is 5.56 Å². The number of esters is 1. The summed E-state index contributed by atoms with van der Waals surface area (Å²) in [6.07, 6.45) is 3.00. The second kappa shape index (κ2) is 12.3. The van der Waals surface area contributed by atoms with Crippen molar-refractivity contribution in [2.24, 2.45) is 0 Å². The van der Waals surface area contributed by atoms with Crippen LogP contribution in [0.3, 0.4) is 0 Å². The Hall–Kier alpha value is -5.30. The molecule has 0 fully saturated rings. The molecule has 0 amide bonds. The number of aryl methyl sites for hydroxylation is 1. The highest BCUT2D eigenvalue weighted by atomic mass is 16.5. The lowest BCUT2D eigenvalue weighted by atomic mass is 10.1. The van der Waals surface area contributed by atoms with Gasteiger partial charge >= 0.3 is 5.97 Å². The van der Waals surface area contributed by atoms with Crippen LogP contribution in [0.1, 0.15) is 37.6 Å². The van der Waals surface area contributed by atoms with Crippen molar-refractivity contribution < 1.29 is 33.0 Å². The summed E-state index contributed by atoms with van der Waals surface area (Å²) in [5.74, 6) is 1.42. The summed E-state index contributed by atoms with van der Waals surface area (Å²) >= 11 is 0. The highest BCUT2D eigenvalue weighted by Gasteiger charge is 2.22. The van der Waals surface area contributed by atoms with Crippen LogP contribution in [0, 0.1) is 6.92 Å². The quantitative estimate of drug-likeness (QED) is 0.0775. The summed E-state index contributed by atoms with van der Waals surface area (Å²) in [6.45, 7) is 2.11. The Morgan fingerprint density at radius 1 is 0.805 bits per heavy atom. The minimum Gasteiger partial charge on any atom is -0.497 e. The first-order chi connectivity index (χ1) is 20.0. The van der Waals surface area contributed by atoms with Crippen LogP contribution >= 0.6 is 0 Å². The van der Waals surface area contributed by atoms with Gasteiger partial charge in [-0.05, 0) is 67.1 Å². The van der Waals surface area contributed by atoms with Gasteiger partial charge in [-0.3, -0.25) is 4.79 Å². The standard InChI is InChI=1S/C34H28O7/c1-22-33(28-20-26(15-18-32(28)40-22)39-21-23-9-5-4-6-10-23)34(36)41-30-12-8-7-11-24(30)13-16-29(35)27-19-25(37-2)14-17-31(27)38-3/h4-20H,21H2,1-3H3. The predicted octanol–water partition coefficient (Wildman–Crippen LogP) is 7.45. The van der Waals surface area contributed by atoms with Gasteiger partial charge < -0.3 is 23.4 Å². The van der Waals surface area contributed by atoms with E-state index >= 15 is 0 Å². The zero-order valence-corrected chi connectivity index (χ0v) is 22.9. The Balaban J connectivity index is 1.37. The van der Waals surface area contributed by atoms with Gasteiger partial charge in [0.15, 0.2) is 5.78 Å². The molecule has 0 spiro atoms. The molecule has 0 saturated carbocycles. The summed E-state index contributed by atoms with van der Waals surface area (Å²) in [4.78, 5) is 26.4. The van der Waals surface area contributed by atoms with E-state index in [2.05, 4.69) is 0 Å². The molecule has 41 heavy (non-hydrogen) atoms. The van der Waals surface area contributed by atoms with Crippen molar-refractivity contribution in [3.63, 3.8) is 0 Å². The average Bonchev–Trinajstić information content (AvgIpc) is 3.34. The van der Waals surface area contributed by atoms with Gasteiger partial charge in [0, 0.05) is 10.9 Å². The summed E-state index contributed by atoms with van der Waals surface area (Å²) in [6, 6.07) is 27.1. The van der Waals surface area contributed by atoms with Crippen LogP contribution in [0.15, 0.2) is 101 Å². The van der Waals surface area contributed by atoms with Crippen molar-refractivity contribution in [1.29, 1.82) is 0 Å². The van der Waals surface area contributed by atoms with Crippen LogP contribution in [-0.2, 0) is 6.61 Å². The number of para-hydroxylation sites is 1. The number of hydrogen-bond acceptors (Lipinski definition) is 7. The molecule has 1 aromatic heterocycles. The molecule has 0 radical (unpaired) electrons. The Morgan fingerprint density at radius 2 is 1.56 bits per heavy atom. The zero-order valence-electron chi connectivity index (χ0n) is 22.9. The average molecular weight is 549 g/mol. The lowest BCUT2D eigenvalue weighted by molar-refractivity contribution is 0.0734. The Labute approximate surface area is 237 Å². The van der Waals surface area contributed by atoms with Gasteiger partial charge in [-0.25, -0.2) is 4.79 Å². The van der Waals surface area contributed by atoms with Crippen LogP contribution in [-0.4, -0.2) is 26.0 Å². The number of rotatable bonds is 10. The molecule has 0 saturated heterocycles. The second-order valence-electron chi connectivity index (χ2n) is 9.16. The van der Waals surface area contributed by atoms with Crippen molar-refractivity contribution in [3.8, 4) is 23.0 Å². The lowest BCUT2D eigenvalue weighted by Gasteiger charge is -2.09. The molecule has 0 aliphatic heterocycles. The lowest BCUT2D eigenvalue weighted by Crippen LogP contribution is -2.10. The summed E-state index contributed by atoms with van der Waals surface area (Å²) in [5, 5.41) is 0.589. The number of ether oxygens (including phenoxy) is 4. The molecule has 4 aromatic carbocycles. The highest BCUT2D eigenvalue weighted by Crippen LogP contribution is 2.31. The van der Waals surface area contributed by atoms with Gasteiger partial charge in [-0.15, -0.1) is 0 Å². The van der Waals surface area contributed by atoms with Gasteiger partial charge in [0.1, 0.15) is 46.5 Å². The van der Waals surface area contributed by atoms with E-state index in [-0.39, 0.29) is 5.78 Å². The number of carbonyl (C=O) groups is 2. The molecule has 0 aliphatic rings. The summed E-state index contributed by atoms with van der Waals surface area (Å²) in [7, 11) is 3.02. The molecular weight excluding hydrogens is 520 g/mol. The number of ketones is 1. The first-order valence-corrected chi connectivity index (χ1v) is 12.9. The van der Waals surface area contributed by atoms with Gasteiger partial charge in [0.25, 0.3) is 0 Å². The zero-order chi connectivity index (χ0) is 28.8. The van der Waals surface area contributed by atoms with Gasteiger partial charge in [-0.1, -0.05) is 48.5 Å². The fraction of sp³-hybridized carbons (Fsp3) is 0.118. The fourth-order valence-electron chi connectivity index (χ4n) is 4.41. The van der Waals surface area contributed by atoms with Crippen molar-refractivity contribution >= 4 is 28.8 Å². The molecule has 7 nitrogen and oxygen atoms in total. The third-order valence-corrected chi connectivity index (χ3v) is 6.50. The van der Waals surface area contributed by atoms with E-state index in [0.29, 0.717) is 63.0 Å². The third-order valence-electron chi connectivity index (χ3n) is 6.50. The van der Waals surface area contributed by atoms with Crippen LogP contribution < -0.4 is 18.9 Å². The molecular formula is C34H28O7. The number of fused-ring (bicyclic) bond motifs is 1. The molecule has 5 rings (SSSR count). The third kappa shape index (κ3) is 6.15. The molecule has 7 heteroatoms. The number of methoxy groups -OCH3 is 2. The molecule has 0 atom stereocenters. The van der Waals surface area contributed by atoms with E-state index in [4.69, 9.17) is 23.4 Å². The maximum atomic E-state index is 13.4. The minimum atomic E-state index is -0.580. The Bertz CT molecular complexity index is 1730. The van der Waals surface area contributed by atoms with Crippen molar-refractivity contribution in [3.05, 3.63) is 125 Å². The van der Waals surface area contributed by atoms with E-state index < -0.39 is 5.97 Å². The maximum Gasteiger partial charge on any atom is 0.347 e. The normalized spacial score (nSPS) is 11.0. The van der Waals surface area contributed by atoms with E-state index in [1.54, 1.807) is 73.7 Å². The number of benzene rings is 4. The second-order valence-corrected chi connectivity index (χ2v) is 9.16. The fourth-order valence-corrected chi connectivity index (χ4v) is 4.41. The van der Waals surface area contributed by atoms with Gasteiger partial charge in [0.05, 0.1) is 19.8 Å². The van der Waals surface area contributed by atoms with Gasteiger partial charge in [0.2, 0.25) is 0 Å². The van der Waals surface area contributed by atoms with Crippen LogP contribution in [0.2, 0.25) is 0 Å². The predicted molar refractivity (Wildman–Crippen MR) is 156 cm³/mol. The Kier molecular flexibility index (Phi) is 8.15. The number of furan rings is 1. The topological polar surface area (TPSA) is 84.2 Å². The monoisotopic (exact) mass is 548 g/mol. The number of hydrogen-bond donors (Lipinski definition) is 0. The molecule has 206 valence electrons.